The molecular weight excluding hydrogens is 247 g/mol. The van der Waals surface area contributed by atoms with E-state index in [4.69, 9.17) is 14.9 Å². The maximum atomic E-state index is 10.5. The molecule has 16 heavy (non-hydrogen) atoms. The molecule has 1 heterocycles. The molecule has 0 aromatic heterocycles. The Morgan fingerprint density at radius 1 is 1.12 bits per heavy atom. The van der Waals surface area contributed by atoms with E-state index in [-0.39, 0.29) is 0 Å². The minimum Gasteiger partial charge on any atom is -0.394 e. The number of aliphatic hydroxyl groups excluding tert-OH is 4. The highest BCUT2D eigenvalue weighted by Crippen LogP contribution is 2.40. The van der Waals surface area contributed by atoms with Crippen LogP contribution in [0.15, 0.2) is 0 Å². The Morgan fingerprint density at radius 2 is 1.69 bits per heavy atom. The number of hydrogen-bond acceptors (Lipinski definition) is 7. The first-order chi connectivity index (χ1) is 7.26. The Hall–Kier alpha value is -0.0900. The average Bonchev–Trinajstić information content (AvgIpc) is 2.17. The third-order valence-electron chi connectivity index (χ3n) is 2.09. The van der Waals surface area contributed by atoms with E-state index in [1.807, 2.05) is 0 Å². The third kappa shape index (κ3) is 3.20. The smallest absolute Gasteiger partial charge is 0.394 e. The molecule has 1 aliphatic heterocycles. The molecule has 96 valence electrons. The van der Waals surface area contributed by atoms with Crippen LogP contribution in [0.5, 0.6) is 0 Å². The van der Waals surface area contributed by atoms with Crippen LogP contribution in [0.4, 0.5) is 0 Å². The first kappa shape index (κ1) is 14.0. The molecule has 6 N–H and O–H groups in total. The Balaban J connectivity index is 2.75. The van der Waals surface area contributed by atoms with Crippen LogP contribution in [0.25, 0.3) is 0 Å². The first-order valence-electron chi connectivity index (χ1n) is 4.30. The second kappa shape index (κ2) is 5.05. The van der Waals surface area contributed by atoms with Crippen molar-refractivity contribution in [3.05, 3.63) is 0 Å². The second-order valence-electron chi connectivity index (χ2n) is 3.29. The summed E-state index contributed by atoms with van der Waals surface area (Å²) >= 11 is 0. The fraction of sp³-hybridized carbons (Fsp3) is 1.00. The van der Waals surface area contributed by atoms with E-state index in [0.29, 0.717) is 0 Å². The third-order valence-corrected chi connectivity index (χ3v) is 2.57. The molecule has 0 spiro atoms. The molecule has 1 saturated heterocycles. The number of phosphoric ester groups is 1. The van der Waals surface area contributed by atoms with Crippen molar-refractivity contribution in [2.75, 3.05) is 6.61 Å². The van der Waals surface area contributed by atoms with Crippen molar-refractivity contribution in [2.45, 2.75) is 30.7 Å². The van der Waals surface area contributed by atoms with Crippen molar-refractivity contribution in [1.29, 1.82) is 0 Å². The molecule has 0 bridgehead atoms. The predicted octanol–water partition coefficient (Wildman–Crippen LogP) is -3.10. The van der Waals surface area contributed by atoms with Gasteiger partial charge < -0.3 is 34.9 Å². The molecule has 10 heteroatoms. The van der Waals surface area contributed by atoms with Gasteiger partial charge in [0.25, 0.3) is 0 Å². The lowest BCUT2D eigenvalue weighted by Gasteiger charge is -2.39. The zero-order valence-corrected chi connectivity index (χ0v) is 8.84. The van der Waals surface area contributed by atoms with E-state index in [1.54, 1.807) is 0 Å². The molecule has 1 fully saturated rings. The molecule has 9 nitrogen and oxygen atoms in total. The quantitative estimate of drug-likeness (QED) is 0.289. The molecule has 2 unspecified atom stereocenters. The lowest BCUT2D eigenvalue weighted by molar-refractivity contribution is -0.280. The van der Waals surface area contributed by atoms with Crippen LogP contribution in [0.3, 0.4) is 0 Å². The highest BCUT2D eigenvalue weighted by atomic mass is 31.2. The fourth-order valence-electron chi connectivity index (χ4n) is 1.29. The van der Waals surface area contributed by atoms with Gasteiger partial charge >= 0.3 is 7.82 Å². The van der Waals surface area contributed by atoms with Crippen LogP contribution in [-0.4, -0.2) is 67.5 Å². The van der Waals surface area contributed by atoms with Crippen molar-refractivity contribution >= 4 is 7.82 Å². The van der Waals surface area contributed by atoms with Gasteiger partial charge in [0, 0.05) is 0 Å². The van der Waals surface area contributed by atoms with Gasteiger partial charge in [0.1, 0.15) is 24.4 Å². The van der Waals surface area contributed by atoms with E-state index >= 15 is 0 Å². The summed E-state index contributed by atoms with van der Waals surface area (Å²) in [5.74, 6) is 0. The molecule has 1 rings (SSSR count). The number of ether oxygens (including phenoxy) is 1. The van der Waals surface area contributed by atoms with E-state index in [2.05, 4.69) is 9.26 Å². The summed E-state index contributed by atoms with van der Waals surface area (Å²) < 4.78 is 19.2. The van der Waals surface area contributed by atoms with Crippen LogP contribution in [0, 0.1) is 0 Å². The van der Waals surface area contributed by atoms with Crippen molar-refractivity contribution in [3.8, 4) is 0 Å². The summed E-state index contributed by atoms with van der Waals surface area (Å²) in [5, 5.41) is 36.6. The van der Waals surface area contributed by atoms with Gasteiger partial charge in [-0.1, -0.05) is 0 Å². The summed E-state index contributed by atoms with van der Waals surface area (Å²) in [6.45, 7) is -0.702. The van der Waals surface area contributed by atoms with Crippen LogP contribution in [-0.2, 0) is 13.8 Å². The lowest BCUT2D eigenvalue weighted by atomic mass is 10.00. The van der Waals surface area contributed by atoms with E-state index in [1.165, 1.54) is 0 Å². The minimum absolute atomic E-state index is 0.702. The molecule has 5 atom stereocenters. The Labute approximate surface area is 90.1 Å². The average molecular weight is 260 g/mol. The molecule has 0 amide bonds. The molecule has 0 saturated carbocycles. The summed E-state index contributed by atoms with van der Waals surface area (Å²) in [5.41, 5.74) is 0. The Kier molecular flexibility index (Phi) is 4.41. The lowest BCUT2D eigenvalue weighted by Crippen LogP contribution is -2.58. The standard InChI is InChI=1S/C6H13O9P/c7-1-2-3(8)4(9)5(10)6(14-2)15-16(11,12)13/h2-10H,1H2,(H2,11,12,13)/t2-,3+,4?,5-,6?/m1/s1. The van der Waals surface area contributed by atoms with Gasteiger partial charge in [-0.15, -0.1) is 0 Å². The monoisotopic (exact) mass is 260 g/mol. The topological polar surface area (TPSA) is 157 Å². The summed E-state index contributed by atoms with van der Waals surface area (Å²) in [6, 6.07) is 0. The van der Waals surface area contributed by atoms with Gasteiger partial charge in [0.2, 0.25) is 0 Å². The number of rotatable bonds is 3. The van der Waals surface area contributed by atoms with Crippen LogP contribution in [0.1, 0.15) is 0 Å². The van der Waals surface area contributed by atoms with Gasteiger partial charge in [-0.25, -0.2) is 4.57 Å². The van der Waals surface area contributed by atoms with Crippen molar-refractivity contribution in [1.82, 2.24) is 0 Å². The highest BCUT2D eigenvalue weighted by Gasteiger charge is 2.46. The highest BCUT2D eigenvalue weighted by molar-refractivity contribution is 7.46. The van der Waals surface area contributed by atoms with Crippen LogP contribution >= 0.6 is 7.82 Å². The summed E-state index contributed by atoms with van der Waals surface area (Å²) in [4.78, 5) is 17.0. The number of aliphatic hydroxyl groups is 4. The molecular formula is C6H13O9P. The zero-order chi connectivity index (χ0) is 12.5. The van der Waals surface area contributed by atoms with Gasteiger partial charge in [-0.3, -0.25) is 4.52 Å². The van der Waals surface area contributed by atoms with E-state index < -0.39 is 45.1 Å². The Bertz CT molecular complexity index is 275. The van der Waals surface area contributed by atoms with Crippen LogP contribution in [0.2, 0.25) is 0 Å². The molecule has 1 aliphatic rings. The SMILES string of the molecule is O=P(O)(O)OC1O[C@H](CO)[C@H](O)C(O)[C@H]1O. The number of phosphoric acid groups is 1. The predicted molar refractivity (Wildman–Crippen MR) is 46.9 cm³/mol. The second-order valence-corrected chi connectivity index (χ2v) is 4.49. The fourth-order valence-corrected chi connectivity index (χ4v) is 1.73. The largest absolute Gasteiger partial charge is 0.472 e. The van der Waals surface area contributed by atoms with Crippen molar-refractivity contribution < 1.29 is 44.0 Å². The molecule has 0 radical (unpaired) electrons. The molecule has 0 aliphatic carbocycles. The normalized spacial score (nSPS) is 41.0. The van der Waals surface area contributed by atoms with Gasteiger partial charge in [-0.2, -0.15) is 0 Å². The summed E-state index contributed by atoms with van der Waals surface area (Å²) in [6.07, 6.45) is -8.25. The summed E-state index contributed by atoms with van der Waals surface area (Å²) in [7, 11) is -4.91. The Morgan fingerprint density at radius 3 is 2.12 bits per heavy atom. The van der Waals surface area contributed by atoms with Gasteiger partial charge in [0.05, 0.1) is 6.61 Å². The van der Waals surface area contributed by atoms with Crippen molar-refractivity contribution in [3.63, 3.8) is 0 Å². The zero-order valence-electron chi connectivity index (χ0n) is 7.95. The van der Waals surface area contributed by atoms with E-state index in [0.717, 1.165) is 0 Å². The van der Waals surface area contributed by atoms with Crippen LogP contribution < -0.4 is 0 Å². The number of hydrogen-bond donors (Lipinski definition) is 6. The molecule has 0 aromatic rings. The maximum Gasteiger partial charge on any atom is 0.472 e. The first-order valence-corrected chi connectivity index (χ1v) is 5.83. The van der Waals surface area contributed by atoms with Gasteiger partial charge in [-0.05, 0) is 0 Å². The molecule has 0 aromatic carbocycles. The van der Waals surface area contributed by atoms with E-state index in [9.17, 15) is 19.9 Å². The minimum atomic E-state index is -4.91. The maximum absolute atomic E-state index is 10.5. The van der Waals surface area contributed by atoms with Gasteiger partial charge in [0.15, 0.2) is 6.29 Å². The van der Waals surface area contributed by atoms with Crippen molar-refractivity contribution in [2.24, 2.45) is 0 Å².